The van der Waals surface area contributed by atoms with Crippen molar-refractivity contribution in [3.63, 3.8) is 0 Å². The van der Waals surface area contributed by atoms with Crippen LogP contribution in [0.3, 0.4) is 0 Å². The van der Waals surface area contributed by atoms with E-state index in [2.05, 4.69) is 16.9 Å². The lowest BCUT2D eigenvalue weighted by atomic mass is 10.1. The zero-order chi connectivity index (χ0) is 19.2. The Labute approximate surface area is 157 Å². The normalized spacial score (nSPS) is 11.0. The fourth-order valence-electron chi connectivity index (χ4n) is 2.82. The molecule has 2 N–H and O–H groups in total. The topological polar surface area (TPSA) is 97.6 Å². The van der Waals surface area contributed by atoms with Gasteiger partial charge in [0.25, 0.3) is 0 Å². The molecule has 3 aromatic rings. The Kier molecular flexibility index (Phi) is 6.01. The average molecular weight is 372 g/mol. The second-order valence-electron chi connectivity index (χ2n) is 6.37. The number of H-pyrrole nitrogens is 1. The third kappa shape index (κ3) is 4.81. The molecule has 0 spiro atoms. The van der Waals surface area contributed by atoms with Gasteiger partial charge in [-0.1, -0.05) is 13.3 Å². The summed E-state index contributed by atoms with van der Waals surface area (Å²) in [5.41, 5.74) is 2.44. The Balaban J connectivity index is 1.59. The van der Waals surface area contributed by atoms with Gasteiger partial charge >= 0.3 is 12.0 Å². The predicted octanol–water partition coefficient (Wildman–Crippen LogP) is 3.89. The van der Waals surface area contributed by atoms with E-state index in [-0.39, 0.29) is 6.42 Å². The molecule has 7 nitrogen and oxygen atoms in total. The number of carboxylic acid groups (broad SMARTS) is 1. The highest BCUT2D eigenvalue weighted by atomic mass is 16.6. The smallest absolute Gasteiger partial charge is 0.393 e. The van der Waals surface area contributed by atoms with Gasteiger partial charge in [-0.25, -0.2) is 0 Å². The van der Waals surface area contributed by atoms with Gasteiger partial charge in [0.2, 0.25) is 0 Å². The molecule has 144 valence electrons. The van der Waals surface area contributed by atoms with Crippen LogP contribution in [0.5, 0.6) is 11.8 Å². The Bertz CT molecular complexity index is 912. The first-order chi connectivity index (χ1) is 13.1. The molecular weight excluding hydrogens is 348 g/mol. The first-order valence-corrected chi connectivity index (χ1v) is 9.10. The molecule has 0 aliphatic heterocycles. The number of benzene rings is 1. The second-order valence-corrected chi connectivity index (χ2v) is 6.37. The molecule has 2 aromatic heterocycles. The molecule has 3 rings (SSSR count). The zero-order valence-electron chi connectivity index (χ0n) is 15.6. The van der Waals surface area contributed by atoms with E-state index in [1.807, 2.05) is 25.1 Å². The molecule has 2 heterocycles. The van der Waals surface area contributed by atoms with Gasteiger partial charge in [-0.05, 0) is 37.1 Å². The molecule has 0 atom stereocenters. The molecule has 0 unspecified atom stereocenters. The minimum atomic E-state index is -0.860. The molecule has 27 heavy (non-hydrogen) atoms. The molecule has 0 fully saturated rings. The Morgan fingerprint density at radius 2 is 2.15 bits per heavy atom. The highest BCUT2D eigenvalue weighted by Gasteiger charge is 2.12. The summed E-state index contributed by atoms with van der Waals surface area (Å²) in [5, 5.41) is 9.87. The largest absolute Gasteiger partial charge is 0.493 e. The first-order valence-electron chi connectivity index (χ1n) is 9.10. The first kappa shape index (κ1) is 18.8. The second kappa shape index (κ2) is 8.62. The van der Waals surface area contributed by atoms with Crippen LogP contribution < -0.4 is 9.47 Å². The van der Waals surface area contributed by atoms with Crippen LogP contribution in [-0.2, 0) is 17.6 Å². The SMILES string of the molecule is CCCCOc1nc(CCOc2ccc3[nH]cc(CC(=O)O)c3c2)c(C)o1. The lowest BCUT2D eigenvalue weighted by molar-refractivity contribution is -0.136. The Hall–Kier alpha value is -2.96. The van der Waals surface area contributed by atoms with E-state index in [0.29, 0.717) is 31.5 Å². The summed E-state index contributed by atoms with van der Waals surface area (Å²) >= 11 is 0. The number of aromatic nitrogens is 2. The molecule has 0 saturated heterocycles. The van der Waals surface area contributed by atoms with Crippen molar-refractivity contribution in [2.24, 2.45) is 0 Å². The van der Waals surface area contributed by atoms with Gasteiger partial charge in [0.1, 0.15) is 11.5 Å². The molecule has 0 saturated carbocycles. The van der Waals surface area contributed by atoms with Gasteiger partial charge in [0.15, 0.2) is 0 Å². The van der Waals surface area contributed by atoms with Crippen molar-refractivity contribution in [1.29, 1.82) is 0 Å². The number of carboxylic acids is 1. The molecule has 0 bridgehead atoms. The summed E-state index contributed by atoms with van der Waals surface area (Å²) in [6, 6.07) is 5.61. The third-order valence-electron chi connectivity index (χ3n) is 4.28. The average Bonchev–Trinajstić information content (AvgIpc) is 3.18. The van der Waals surface area contributed by atoms with Gasteiger partial charge in [0.05, 0.1) is 25.3 Å². The van der Waals surface area contributed by atoms with Crippen molar-refractivity contribution >= 4 is 16.9 Å². The summed E-state index contributed by atoms with van der Waals surface area (Å²) in [4.78, 5) is 18.4. The maximum atomic E-state index is 11.0. The van der Waals surface area contributed by atoms with Crippen LogP contribution in [0.25, 0.3) is 10.9 Å². The molecule has 0 amide bonds. The number of fused-ring (bicyclic) bond motifs is 1. The lowest BCUT2D eigenvalue weighted by Crippen LogP contribution is -2.03. The van der Waals surface area contributed by atoms with E-state index in [4.69, 9.17) is 19.0 Å². The fraction of sp³-hybridized carbons (Fsp3) is 0.400. The van der Waals surface area contributed by atoms with Crippen LogP contribution >= 0.6 is 0 Å². The standard InChI is InChI=1S/C20H24N2O5/c1-3-4-8-26-20-22-17(13(2)27-20)7-9-25-15-5-6-18-16(11-15)14(12-21-18)10-19(23)24/h5-6,11-12,21H,3-4,7-10H2,1-2H3,(H,23,24). The van der Waals surface area contributed by atoms with Gasteiger partial charge in [-0.3, -0.25) is 4.79 Å². The highest BCUT2D eigenvalue weighted by molar-refractivity contribution is 5.87. The van der Waals surface area contributed by atoms with Crippen LogP contribution in [0.1, 0.15) is 36.8 Å². The van der Waals surface area contributed by atoms with Crippen molar-refractivity contribution in [2.45, 2.75) is 39.5 Å². The fourth-order valence-corrected chi connectivity index (χ4v) is 2.82. The van der Waals surface area contributed by atoms with E-state index in [0.717, 1.165) is 40.8 Å². The number of aliphatic carboxylic acids is 1. The summed E-state index contributed by atoms with van der Waals surface area (Å²) in [7, 11) is 0. The maximum absolute atomic E-state index is 11.0. The number of rotatable bonds is 10. The minimum absolute atomic E-state index is 0.0254. The monoisotopic (exact) mass is 372 g/mol. The summed E-state index contributed by atoms with van der Waals surface area (Å²) in [6.07, 6.45) is 4.62. The third-order valence-corrected chi connectivity index (χ3v) is 4.28. The molecule has 0 radical (unpaired) electrons. The molecule has 0 aliphatic rings. The van der Waals surface area contributed by atoms with Crippen LogP contribution in [-0.4, -0.2) is 34.3 Å². The molecule has 7 heteroatoms. The van der Waals surface area contributed by atoms with Gasteiger partial charge in [-0.15, -0.1) is 0 Å². The van der Waals surface area contributed by atoms with Gasteiger partial charge in [-0.2, -0.15) is 4.98 Å². The number of nitrogens with zero attached hydrogens (tertiary/aromatic N) is 1. The van der Waals surface area contributed by atoms with Crippen molar-refractivity contribution in [3.05, 3.63) is 41.4 Å². The number of aryl methyl sites for hydroxylation is 1. The summed E-state index contributed by atoms with van der Waals surface area (Å²) < 4.78 is 16.8. The molecule has 1 aromatic carbocycles. The highest BCUT2D eigenvalue weighted by Crippen LogP contribution is 2.24. The number of hydrogen-bond donors (Lipinski definition) is 2. The van der Waals surface area contributed by atoms with E-state index >= 15 is 0 Å². The number of aromatic amines is 1. The van der Waals surface area contributed by atoms with Crippen molar-refractivity contribution in [1.82, 2.24) is 9.97 Å². The quantitative estimate of drug-likeness (QED) is 0.524. The van der Waals surface area contributed by atoms with Crippen LogP contribution in [0, 0.1) is 6.92 Å². The van der Waals surface area contributed by atoms with E-state index in [9.17, 15) is 4.79 Å². The van der Waals surface area contributed by atoms with Crippen molar-refractivity contribution < 1.29 is 23.8 Å². The van der Waals surface area contributed by atoms with Gasteiger partial charge < -0.3 is 24.0 Å². The maximum Gasteiger partial charge on any atom is 0.393 e. The number of nitrogens with one attached hydrogen (secondary N) is 1. The molecule has 0 aliphatic carbocycles. The number of carbonyl (C=O) groups is 1. The van der Waals surface area contributed by atoms with Crippen molar-refractivity contribution in [2.75, 3.05) is 13.2 Å². The van der Waals surface area contributed by atoms with E-state index in [1.165, 1.54) is 0 Å². The Morgan fingerprint density at radius 3 is 2.93 bits per heavy atom. The number of unbranched alkanes of at least 4 members (excludes halogenated alkanes) is 1. The van der Waals surface area contributed by atoms with Crippen LogP contribution in [0.4, 0.5) is 0 Å². The van der Waals surface area contributed by atoms with Gasteiger partial charge in [0, 0.05) is 23.5 Å². The number of oxazole rings is 1. The number of ether oxygens (including phenoxy) is 2. The van der Waals surface area contributed by atoms with E-state index < -0.39 is 5.97 Å². The minimum Gasteiger partial charge on any atom is -0.493 e. The predicted molar refractivity (Wildman–Crippen MR) is 100 cm³/mol. The van der Waals surface area contributed by atoms with Crippen LogP contribution in [0.2, 0.25) is 0 Å². The van der Waals surface area contributed by atoms with Crippen LogP contribution in [0.15, 0.2) is 28.8 Å². The molecular formula is C20H24N2O5. The Morgan fingerprint density at radius 1 is 1.30 bits per heavy atom. The summed E-state index contributed by atoms with van der Waals surface area (Å²) in [5.74, 6) is 0.560. The van der Waals surface area contributed by atoms with Crippen molar-refractivity contribution in [3.8, 4) is 11.8 Å². The lowest BCUT2D eigenvalue weighted by Gasteiger charge is -2.06. The van der Waals surface area contributed by atoms with E-state index in [1.54, 1.807) is 6.20 Å². The zero-order valence-corrected chi connectivity index (χ0v) is 15.6. The summed E-state index contributed by atoms with van der Waals surface area (Å²) in [6.45, 7) is 5.00. The number of hydrogen-bond acceptors (Lipinski definition) is 5.